The lowest BCUT2D eigenvalue weighted by atomic mass is 9.65. The smallest absolute Gasteiger partial charge is 0.178 e. The summed E-state index contributed by atoms with van der Waals surface area (Å²) in [4.78, 5) is 14.0. The fraction of sp³-hybridized carbons (Fsp3) is 0.185. The van der Waals surface area contributed by atoms with E-state index in [0.29, 0.717) is 11.5 Å². The average Bonchev–Trinajstić information content (AvgIpc) is 3.30. The number of methoxy groups -OCH3 is 2. The van der Waals surface area contributed by atoms with Crippen LogP contribution in [0.1, 0.15) is 71.0 Å². The molecule has 0 radical (unpaired) electrons. The fourth-order valence-corrected chi connectivity index (χ4v) is 8.25. The Balaban J connectivity index is 1.02. The van der Waals surface area contributed by atoms with Gasteiger partial charge in [0, 0.05) is 22.5 Å². The van der Waals surface area contributed by atoms with Crippen molar-refractivity contribution in [2.75, 3.05) is 19.1 Å². The van der Waals surface area contributed by atoms with E-state index in [1.54, 1.807) is 14.2 Å². The highest BCUT2D eigenvalue weighted by molar-refractivity contribution is 5.92. The van der Waals surface area contributed by atoms with E-state index in [0.717, 1.165) is 63.7 Å². The second-order valence-electron chi connectivity index (χ2n) is 15.5. The molecule has 1 saturated carbocycles. The molecule has 5 nitrogen and oxygen atoms in total. The zero-order valence-corrected chi connectivity index (χ0v) is 34.4. The van der Waals surface area contributed by atoms with Crippen molar-refractivity contribution in [2.24, 2.45) is 0 Å². The molecule has 296 valence electrons. The van der Waals surface area contributed by atoms with Crippen LogP contribution in [0.5, 0.6) is 23.0 Å². The molecule has 0 saturated heterocycles. The molecule has 59 heavy (non-hydrogen) atoms. The third-order valence-electron chi connectivity index (χ3n) is 11.6. The summed E-state index contributed by atoms with van der Waals surface area (Å²) in [7, 11) is 3.40. The molecule has 0 spiro atoms. The predicted molar refractivity (Wildman–Crippen MR) is 242 cm³/mol. The van der Waals surface area contributed by atoms with Crippen molar-refractivity contribution < 1.29 is 19.2 Å². The average molecular weight is 778 g/mol. The Morgan fingerprint density at radius 1 is 0.441 bits per heavy atom. The van der Waals surface area contributed by atoms with Gasteiger partial charge in [-0.1, -0.05) is 115 Å². The van der Waals surface area contributed by atoms with Gasteiger partial charge in [0.15, 0.2) is 11.5 Å². The molecule has 0 heterocycles. The maximum atomic E-state index is 5.87. The second-order valence-corrected chi connectivity index (χ2v) is 15.5. The second kappa shape index (κ2) is 17.8. The molecule has 5 heteroatoms. The van der Waals surface area contributed by atoms with Gasteiger partial charge in [0.2, 0.25) is 0 Å². The Morgan fingerprint density at radius 2 is 0.814 bits per heavy atom. The molecule has 1 aliphatic carbocycles. The Hall–Kier alpha value is -6.72. The van der Waals surface area contributed by atoms with Gasteiger partial charge in [-0.25, -0.2) is 0 Å². The van der Waals surface area contributed by atoms with E-state index in [4.69, 9.17) is 19.2 Å². The summed E-state index contributed by atoms with van der Waals surface area (Å²) in [6, 6.07) is 59.3. The third-order valence-corrected chi connectivity index (χ3v) is 11.6. The molecule has 0 amide bonds. The van der Waals surface area contributed by atoms with Gasteiger partial charge in [0.1, 0.15) is 11.5 Å². The molecule has 8 rings (SSSR count). The molecule has 0 aromatic heterocycles. The molecule has 0 bridgehead atoms. The molecule has 7 aromatic carbocycles. The van der Waals surface area contributed by atoms with Gasteiger partial charge >= 0.3 is 0 Å². The van der Waals surface area contributed by atoms with Gasteiger partial charge in [0.05, 0.1) is 14.2 Å². The Morgan fingerprint density at radius 3 is 1.24 bits per heavy atom. The van der Waals surface area contributed by atoms with Crippen LogP contribution in [0.25, 0.3) is 11.6 Å². The summed E-state index contributed by atoms with van der Waals surface area (Å²) < 4.78 is 10.9. The summed E-state index contributed by atoms with van der Waals surface area (Å²) in [5, 5.41) is 0. The van der Waals surface area contributed by atoms with Crippen molar-refractivity contribution in [1.29, 1.82) is 0 Å². The monoisotopic (exact) mass is 777 g/mol. The SMILES string of the molecule is COc1ccc(/C(=C/c2ccc(N(c3ccc(C)cc3)c3ccc(C)cc3)cc2)c2ccc(OOc3ccc(C4(c5ccc(OC)cc5)CCCCC4)cc3)cc2)cc1. The van der Waals surface area contributed by atoms with Crippen LogP contribution in [0.15, 0.2) is 170 Å². The first-order valence-electron chi connectivity index (χ1n) is 20.5. The van der Waals surface area contributed by atoms with Crippen LogP contribution in [-0.2, 0) is 5.41 Å². The number of rotatable bonds is 13. The fourth-order valence-electron chi connectivity index (χ4n) is 8.25. The summed E-state index contributed by atoms with van der Waals surface area (Å²) in [6.07, 6.45) is 8.19. The van der Waals surface area contributed by atoms with E-state index in [2.05, 4.69) is 158 Å². The van der Waals surface area contributed by atoms with Gasteiger partial charge in [-0.3, -0.25) is 9.78 Å². The normalized spacial score (nSPS) is 13.7. The Bertz CT molecular complexity index is 2400. The van der Waals surface area contributed by atoms with Crippen LogP contribution < -0.4 is 24.1 Å². The van der Waals surface area contributed by atoms with Crippen LogP contribution in [0.4, 0.5) is 17.1 Å². The zero-order chi connectivity index (χ0) is 40.6. The maximum Gasteiger partial charge on any atom is 0.178 e. The molecular weight excluding hydrogens is 727 g/mol. The van der Waals surface area contributed by atoms with Crippen LogP contribution >= 0.6 is 0 Å². The number of anilines is 3. The highest BCUT2D eigenvalue weighted by atomic mass is 17.2. The summed E-state index contributed by atoms with van der Waals surface area (Å²) in [5.74, 6) is 2.97. The summed E-state index contributed by atoms with van der Waals surface area (Å²) in [6.45, 7) is 4.23. The van der Waals surface area contributed by atoms with Crippen molar-refractivity contribution in [1.82, 2.24) is 0 Å². The Labute approximate surface area is 349 Å². The molecule has 0 aliphatic heterocycles. The molecule has 0 atom stereocenters. The molecular formula is C54H51NO4. The molecule has 7 aromatic rings. The van der Waals surface area contributed by atoms with Gasteiger partial charge in [-0.2, -0.15) is 0 Å². The predicted octanol–water partition coefficient (Wildman–Crippen LogP) is 14.0. The van der Waals surface area contributed by atoms with Gasteiger partial charge in [-0.05, 0) is 151 Å². The molecule has 0 unspecified atom stereocenters. The Kier molecular flexibility index (Phi) is 11.8. The van der Waals surface area contributed by atoms with E-state index in [-0.39, 0.29) is 5.41 Å². The van der Waals surface area contributed by atoms with E-state index < -0.39 is 0 Å². The quantitative estimate of drug-likeness (QED) is 0.0662. The largest absolute Gasteiger partial charge is 0.497 e. The van der Waals surface area contributed by atoms with E-state index in [1.807, 2.05) is 36.4 Å². The lowest BCUT2D eigenvalue weighted by molar-refractivity contribution is -0.0999. The van der Waals surface area contributed by atoms with Gasteiger partial charge in [-0.15, -0.1) is 0 Å². The van der Waals surface area contributed by atoms with Crippen LogP contribution in [0.2, 0.25) is 0 Å². The van der Waals surface area contributed by atoms with Crippen molar-refractivity contribution in [3.63, 3.8) is 0 Å². The first-order valence-corrected chi connectivity index (χ1v) is 20.5. The van der Waals surface area contributed by atoms with Crippen LogP contribution in [-0.4, -0.2) is 14.2 Å². The molecule has 0 N–H and O–H groups in total. The van der Waals surface area contributed by atoms with Crippen molar-refractivity contribution in [3.8, 4) is 23.0 Å². The lowest BCUT2D eigenvalue weighted by Gasteiger charge is -2.38. The van der Waals surface area contributed by atoms with Crippen LogP contribution in [0, 0.1) is 13.8 Å². The highest BCUT2D eigenvalue weighted by Gasteiger charge is 2.35. The number of ether oxygens (including phenoxy) is 2. The van der Waals surface area contributed by atoms with E-state index in [9.17, 15) is 0 Å². The van der Waals surface area contributed by atoms with Crippen LogP contribution in [0.3, 0.4) is 0 Å². The number of aryl methyl sites for hydroxylation is 2. The van der Waals surface area contributed by atoms with Crippen molar-refractivity contribution in [3.05, 3.63) is 209 Å². The zero-order valence-electron chi connectivity index (χ0n) is 34.4. The van der Waals surface area contributed by atoms with E-state index >= 15 is 0 Å². The highest BCUT2D eigenvalue weighted by Crippen LogP contribution is 2.46. The summed E-state index contributed by atoms with van der Waals surface area (Å²) >= 11 is 0. The minimum Gasteiger partial charge on any atom is -0.497 e. The van der Waals surface area contributed by atoms with E-state index in [1.165, 1.54) is 41.5 Å². The topological polar surface area (TPSA) is 40.2 Å². The number of nitrogens with zero attached hydrogens (tertiary/aromatic N) is 1. The minimum atomic E-state index is -0.0138. The minimum absolute atomic E-state index is 0.0138. The van der Waals surface area contributed by atoms with Gasteiger partial charge < -0.3 is 14.4 Å². The molecule has 1 aliphatic rings. The number of benzene rings is 7. The first kappa shape index (κ1) is 39.1. The maximum absolute atomic E-state index is 5.87. The lowest BCUT2D eigenvalue weighted by Crippen LogP contribution is -2.30. The number of hydrogen-bond donors (Lipinski definition) is 0. The summed E-state index contributed by atoms with van der Waals surface area (Å²) in [5.41, 5.74) is 12.7. The van der Waals surface area contributed by atoms with Crippen molar-refractivity contribution >= 4 is 28.7 Å². The molecule has 1 fully saturated rings. The number of hydrogen-bond acceptors (Lipinski definition) is 5. The standard InChI is InChI=1S/C54H51NO4/c1-39-8-22-46(23-9-39)55(47-24-10-40(2)11-25-47)48-26-12-41(13-27-48)38-53(42-14-28-49(56-3)29-15-42)43-16-30-51(31-17-43)58-59-52-34-20-45(21-35-52)54(36-6-5-7-37-54)44-18-32-50(57-4)33-19-44/h8-35,38H,5-7,36-37H2,1-4H3/b53-38-. The first-order chi connectivity index (χ1) is 28.9. The third kappa shape index (κ3) is 8.90. The van der Waals surface area contributed by atoms with Crippen molar-refractivity contribution in [2.45, 2.75) is 51.4 Å². The van der Waals surface area contributed by atoms with Gasteiger partial charge in [0.25, 0.3) is 0 Å².